The first-order valence-electron chi connectivity index (χ1n) is 7.96. The Morgan fingerprint density at radius 2 is 2.00 bits per heavy atom. The van der Waals surface area contributed by atoms with E-state index in [-0.39, 0.29) is 24.1 Å². The van der Waals surface area contributed by atoms with E-state index >= 15 is 0 Å². The van der Waals surface area contributed by atoms with Crippen molar-refractivity contribution in [1.82, 2.24) is 19.5 Å². The quantitative estimate of drug-likeness (QED) is 0.597. The molecular formula is C17H17N5O3. The van der Waals surface area contributed by atoms with Crippen molar-refractivity contribution in [3.8, 4) is 11.8 Å². The van der Waals surface area contributed by atoms with E-state index in [0.717, 1.165) is 11.3 Å². The number of nitrogen functional groups attached to an aromatic ring is 1. The Balaban J connectivity index is 1.79. The van der Waals surface area contributed by atoms with E-state index in [0.29, 0.717) is 30.7 Å². The molecule has 0 aliphatic carbocycles. The lowest BCUT2D eigenvalue weighted by Crippen LogP contribution is -2.18. The molecular weight excluding hydrogens is 322 g/mol. The highest BCUT2D eigenvalue weighted by Crippen LogP contribution is 2.19. The molecule has 0 saturated heterocycles. The second-order valence-corrected chi connectivity index (χ2v) is 5.66. The first-order valence-corrected chi connectivity index (χ1v) is 7.96. The summed E-state index contributed by atoms with van der Waals surface area (Å²) in [5.41, 5.74) is 7.59. The summed E-state index contributed by atoms with van der Waals surface area (Å²) in [6.45, 7) is 1.17. The third-order valence-corrected chi connectivity index (χ3v) is 3.97. The van der Waals surface area contributed by atoms with Gasteiger partial charge in [0.15, 0.2) is 11.5 Å². The van der Waals surface area contributed by atoms with E-state index < -0.39 is 0 Å². The zero-order chi connectivity index (χ0) is 17.2. The third kappa shape index (κ3) is 3.06. The van der Waals surface area contributed by atoms with Crippen LogP contribution >= 0.6 is 0 Å². The fraction of sp³-hybridized carbons (Fsp3) is 0.235. The standard InChI is InChI=1S/C17H17N5O3/c18-14-13-15-21-16(20-14)25-9-2-1-8-24-12-5-3-4-11(10-12)6-7-22(15)17(23)19-13/h1-5,10H,6-9H2,(H,19,23)(H2,18,20,21)/b2-1-. The molecule has 4 rings (SSSR count). The van der Waals surface area contributed by atoms with Crippen LogP contribution in [0.1, 0.15) is 5.56 Å². The van der Waals surface area contributed by atoms with Crippen molar-refractivity contribution < 1.29 is 9.47 Å². The van der Waals surface area contributed by atoms with E-state index in [2.05, 4.69) is 15.0 Å². The molecule has 8 heteroatoms. The van der Waals surface area contributed by atoms with Crippen molar-refractivity contribution in [1.29, 1.82) is 0 Å². The predicted octanol–water partition coefficient (Wildman–Crippen LogP) is 1.27. The Morgan fingerprint density at radius 1 is 1.16 bits per heavy atom. The summed E-state index contributed by atoms with van der Waals surface area (Å²) in [6, 6.07) is 7.95. The van der Waals surface area contributed by atoms with Crippen LogP contribution in [0.3, 0.4) is 0 Å². The molecule has 3 N–H and O–H groups in total. The monoisotopic (exact) mass is 339 g/mol. The summed E-state index contributed by atoms with van der Waals surface area (Å²) in [5, 5.41) is 0. The molecule has 4 bridgehead atoms. The molecule has 1 aliphatic heterocycles. The number of aromatic amines is 1. The Hall–Kier alpha value is -3.29. The number of aromatic nitrogens is 4. The molecule has 3 aromatic rings. The lowest BCUT2D eigenvalue weighted by Gasteiger charge is -2.07. The number of rotatable bonds is 0. The summed E-state index contributed by atoms with van der Waals surface area (Å²) >= 11 is 0. The topological polar surface area (TPSA) is 108 Å². The van der Waals surface area contributed by atoms with Crippen molar-refractivity contribution in [2.24, 2.45) is 0 Å². The van der Waals surface area contributed by atoms with Gasteiger partial charge in [-0.15, -0.1) is 0 Å². The summed E-state index contributed by atoms with van der Waals surface area (Å²) in [5.74, 6) is 0.976. The number of aryl methyl sites for hydroxylation is 2. The highest BCUT2D eigenvalue weighted by atomic mass is 16.5. The van der Waals surface area contributed by atoms with Gasteiger partial charge in [-0.3, -0.25) is 4.57 Å². The highest BCUT2D eigenvalue weighted by Gasteiger charge is 2.14. The number of hydrogen-bond donors (Lipinski definition) is 2. The van der Waals surface area contributed by atoms with E-state index in [1.807, 2.05) is 36.4 Å². The minimum Gasteiger partial charge on any atom is -0.490 e. The minimum absolute atomic E-state index is 0.138. The summed E-state index contributed by atoms with van der Waals surface area (Å²) in [7, 11) is 0. The van der Waals surface area contributed by atoms with Gasteiger partial charge in [-0.2, -0.15) is 9.97 Å². The van der Waals surface area contributed by atoms with Crippen LogP contribution in [-0.2, 0) is 13.0 Å². The van der Waals surface area contributed by atoms with Crippen molar-refractivity contribution >= 4 is 17.0 Å². The molecule has 2 aromatic heterocycles. The molecule has 3 heterocycles. The number of ether oxygens (including phenoxy) is 2. The summed E-state index contributed by atoms with van der Waals surface area (Å²) < 4.78 is 12.7. The number of hydrogen-bond acceptors (Lipinski definition) is 6. The number of nitrogens with zero attached hydrogens (tertiary/aromatic N) is 3. The van der Waals surface area contributed by atoms with Gasteiger partial charge in [0.25, 0.3) is 0 Å². The fourth-order valence-corrected chi connectivity index (χ4v) is 2.74. The highest BCUT2D eigenvalue weighted by molar-refractivity contribution is 5.81. The lowest BCUT2D eigenvalue weighted by atomic mass is 10.1. The summed E-state index contributed by atoms with van der Waals surface area (Å²) in [6.07, 6.45) is 4.33. The first kappa shape index (κ1) is 15.3. The molecule has 0 atom stereocenters. The van der Waals surface area contributed by atoms with Gasteiger partial charge < -0.3 is 20.2 Å². The SMILES string of the molecule is Nc1nc2nc3c1[nH]c(=O)n3CCc1cccc(c1)OC/C=C\CO2. The van der Waals surface area contributed by atoms with E-state index in [4.69, 9.17) is 15.2 Å². The Kier molecular flexibility index (Phi) is 3.85. The van der Waals surface area contributed by atoms with Gasteiger partial charge in [-0.1, -0.05) is 12.1 Å². The van der Waals surface area contributed by atoms with Crippen LogP contribution in [0.2, 0.25) is 0 Å². The number of H-pyrrole nitrogens is 1. The number of anilines is 1. The van der Waals surface area contributed by atoms with Crippen LogP contribution in [-0.4, -0.2) is 32.7 Å². The Bertz CT molecular complexity index is 1010. The van der Waals surface area contributed by atoms with Crippen molar-refractivity contribution in [2.75, 3.05) is 18.9 Å². The summed E-state index contributed by atoms with van der Waals surface area (Å²) in [4.78, 5) is 23.4. The number of nitrogens with two attached hydrogens (primary N) is 1. The molecule has 8 nitrogen and oxygen atoms in total. The van der Waals surface area contributed by atoms with Gasteiger partial charge >= 0.3 is 11.7 Å². The Morgan fingerprint density at radius 3 is 2.88 bits per heavy atom. The van der Waals surface area contributed by atoms with Crippen LogP contribution in [0.4, 0.5) is 5.82 Å². The molecule has 1 aliphatic rings. The zero-order valence-corrected chi connectivity index (χ0v) is 13.4. The smallest absolute Gasteiger partial charge is 0.327 e. The average Bonchev–Trinajstić information content (AvgIpc) is 2.92. The van der Waals surface area contributed by atoms with Crippen LogP contribution in [0, 0.1) is 0 Å². The predicted molar refractivity (Wildman–Crippen MR) is 92.8 cm³/mol. The number of imidazole rings is 1. The number of nitrogens with one attached hydrogen (secondary N) is 1. The normalized spacial score (nSPS) is 15.8. The van der Waals surface area contributed by atoms with Crippen molar-refractivity contribution in [2.45, 2.75) is 13.0 Å². The largest absolute Gasteiger partial charge is 0.490 e. The van der Waals surface area contributed by atoms with Crippen LogP contribution in [0.5, 0.6) is 11.8 Å². The second-order valence-electron chi connectivity index (χ2n) is 5.66. The maximum atomic E-state index is 12.3. The number of benzene rings is 1. The van der Waals surface area contributed by atoms with Crippen LogP contribution in [0.25, 0.3) is 11.2 Å². The molecule has 0 unspecified atom stereocenters. The lowest BCUT2D eigenvalue weighted by molar-refractivity contribution is 0.330. The molecule has 25 heavy (non-hydrogen) atoms. The molecule has 0 saturated carbocycles. The number of fused-ring (bicyclic) bond motifs is 3. The van der Waals surface area contributed by atoms with E-state index in [1.165, 1.54) is 0 Å². The maximum absolute atomic E-state index is 12.3. The molecule has 0 fully saturated rings. The maximum Gasteiger partial charge on any atom is 0.327 e. The molecule has 0 radical (unpaired) electrons. The zero-order valence-electron chi connectivity index (χ0n) is 13.4. The van der Waals surface area contributed by atoms with Gasteiger partial charge in [-0.05, 0) is 36.3 Å². The minimum atomic E-state index is -0.273. The van der Waals surface area contributed by atoms with Gasteiger partial charge in [0.1, 0.15) is 24.5 Å². The van der Waals surface area contributed by atoms with Gasteiger partial charge in [-0.25, -0.2) is 4.79 Å². The fourth-order valence-electron chi connectivity index (χ4n) is 2.74. The Labute approximate surface area is 142 Å². The average molecular weight is 339 g/mol. The van der Waals surface area contributed by atoms with Gasteiger partial charge in [0.05, 0.1) is 0 Å². The second kappa shape index (κ2) is 6.31. The van der Waals surface area contributed by atoms with Crippen molar-refractivity contribution in [3.05, 3.63) is 52.5 Å². The van der Waals surface area contributed by atoms with Gasteiger partial charge in [0, 0.05) is 6.54 Å². The van der Waals surface area contributed by atoms with Crippen LogP contribution < -0.4 is 20.9 Å². The third-order valence-electron chi connectivity index (χ3n) is 3.97. The van der Waals surface area contributed by atoms with Crippen LogP contribution in [0.15, 0.2) is 41.2 Å². The first-order chi connectivity index (χ1) is 12.2. The molecule has 0 amide bonds. The van der Waals surface area contributed by atoms with Gasteiger partial charge in [0.2, 0.25) is 0 Å². The van der Waals surface area contributed by atoms with E-state index in [9.17, 15) is 4.79 Å². The van der Waals surface area contributed by atoms with E-state index in [1.54, 1.807) is 4.57 Å². The molecule has 128 valence electrons. The van der Waals surface area contributed by atoms with Crippen molar-refractivity contribution in [3.63, 3.8) is 0 Å². The molecule has 0 spiro atoms. The molecule has 1 aromatic carbocycles.